The highest BCUT2D eigenvalue weighted by Crippen LogP contribution is 2.35. The molecule has 0 saturated carbocycles. The molecule has 3 nitrogen and oxygen atoms in total. The molecule has 0 bridgehead atoms. The van der Waals surface area contributed by atoms with Crippen LogP contribution in [0.5, 0.6) is 0 Å². The minimum atomic E-state index is 0.445. The average Bonchev–Trinajstić information content (AvgIpc) is 2.38. The molecule has 1 N–H and O–H groups in total. The number of aromatic nitrogens is 1. The molecule has 18 heavy (non-hydrogen) atoms. The summed E-state index contributed by atoms with van der Waals surface area (Å²) in [5.74, 6) is 1.80. The highest BCUT2D eigenvalue weighted by molar-refractivity contribution is 5.53. The predicted octanol–water partition coefficient (Wildman–Crippen LogP) is 3.39. The Morgan fingerprint density at radius 2 is 1.94 bits per heavy atom. The zero-order chi connectivity index (χ0) is 13.2. The van der Waals surface area contributed by atoms with E-state index in [-0.39, 0.29) is 0 Å². The van der Waals surface area contributed by atoms with Crippen molar-refractivity contribution in [1.29, 1.82) is 0 Å². The van der Waals surface area contributed by atoms with Gasteiger partial charge in [-0.25, -0.2) is 4.98 Å². The summed E-state index contributed by atoms with van der Waals surface area (Å²) >= 11 is 0. The van der Waals surface area contributed by atoms with Gasteiger partial charge in [0, 0.05) is 38.1 Å². The van der Waals surface area contributed by atoms with E-state index in [2.05, 4.69) is 48.1 Å². The van der Waals surface area contributed by atoms with Crippen molar-refractivity contribution in [3.63, 3.8) is 0 Å². The van der Waals surface area contributed by atoms with Crippen molar-refractivity contribution in [2.75, 3.05) is 30.4 Å². The second-order valence-electron chi connectivity index (χ2n) is 6.28. The summed E-state index contributed by atoms with van der Waals surface area (Å²) in [7, 11) is 1.91. The van der Waals surface area contributed by atoms with Gasteiger partial charge in [-0.15, -0.1) is 0 Å². The smallest absolute Gasteiger partial charge is 0.127 e. The molecular formula is C15H25N3. The molecule has 0 aromatic carbocycles. The summed E-state index contributed by atoms with van der Waals surface area (Å²) in [6.45, 7) is 9.40. The van der Waals surface area contributed by atoms with Crippen LogP contribution in [0.4, 0.5) is 11.5 Å². The second-order valence-corrected chi connectivity index (χ2v) is 6.28. The Bertz CT molecular complexity index is 387. The molecule has 2 heterocycles. The van der Waals surface area contributed by atoms with Gasteiger partial charge in [-0.3, -0.25) is 0 Å². The monoisotopic (exact) mass is 247 g/mol. The average molecular weight is 247 g/mol. The van der Waals surface area contributed by atoms with Crippen molar-refractivity contribution in [2.24, 2.45) is 11.3 Å². The summed E-state index contributed by atoms with van der Waals surface area (Å²) < 4.78 is 0. The van der Waals surface area contributed by atoms with Crippen LogP contribution in [0.1, 0.15) is 33.6 Å². The molecule has 2 rings (SSSR count). The molecule has 0 amide bonds. The fraction of sp³-hybridized carbons (Fsp3) is 0.667. The summed E-state index contributed by atoms with van der Waals surface area (Å²) in [4.78, 5) is 6.75. The van der Waals surface area contributed by atoms with Crippen molar-refractivity contribution in [3.8, 4) is 0 Å². The van der Waals surface area contributed by atoms with Crippen LogP contribution < -0.4 is 10.2 Å². The molecule has 0 unspecified atom stereocenters. The maximum Gasteiger partial charge on any atom is 0.127 e. The first-order chi connectivity index (χ1) is 8.50. The number of anilines is 2. The molecule has 0 atom stereocenters. The second kappa shape index (κ2) is 5.17. The molecular weight excluding hydrogens is 222 g/mol. The van der Waals surface area contributed by atoms with Gasteiger partial charge < -0.3 is 10.2 Å². The van der Waals surface area contributed by atoms with E-state index in [9.17, 15) is 0 Å². The summed E-state index contributed by atoms with van der Waals surface area (Å²) in [5.41, 5.74) is 1.74. The SMILES string of the molecule is CNc1cc(N2CCC(C(C)(C)C)CC2)ccn1. The van der Waals surface area contributed by atoms with Crippen LogP contribution in [-0.4, -0.2) is 25.1 Å². The number of nitrogens with one attached hydrogen (secondary N) is 1. The van der Waals surface area contributed by atoms with Crippen molar-refractivity contribution in [2.45, 2.75) is 33.6 Å². The van der Waals surface area contributed by atoms with Gasteiger partial charge in [0.1, 0.15) is 5.82 Å². The minimum Gasteiger partial charge on any atom is -0.373 e. The van der Waals surface area contributed by atoms with Crippen LogP contribution in [0.2, 0.25) is 0 Å². The van der Waals surface area contributed by atoms with E-state index in [4.69, 9.17) is 0 Å². The van der Waals surface area contributed by atoms with E-state index in [0.717, 1.165) is 24.8 Å². The molecule has 1 fully saturated rings. The van der Waals surface area contributed by atoms with E-state index in [1.54, 1.807) is 0 Å². The molecule has 1 aromatic heterocycles. The highest BCUT2D eigenvalue weighted by atomic mass is 15.1. The molecule has 0 radical (unpaired) electrons. The Labute approximate surface area is 111 Å². The Hall–Kier alpha value is -1.25. The molecule has 3 heteroatoms. The van der Waals surface area contributed by atoms with Gasteiger partial charge in [0.05, 0.1) is 0 Å². The Kier molecular flexibility index (Phi) is 3.79. The lowest BCUT2D eigenvalue weighted by Crippen LogP contribution is -2.38. The molecule has 1 aromatic rings. The Morgan fingerprint density at radius 1 is 1.28 bits per heavy atom. The first kappa shape index (κ1) is 13.2. The van der Waals surface area contributed by atoms with E-state index in [0.29, 0.717) is 5.41 Å². The maximum absolute atomic E-state index is 4.27. The summed E-state index contributed by atoms with van der Waals surface area (Å²) in [6.07, 6.45) is 4.47. The molecule has 100 valence electrons. The van der Waals surface area contributed by atoms with Crippen LogP contribution in [0.3, 0.4) is 0 Å². The van der Waals surface area contributed by atoms with Crippen molar-refractivity contribution in [1.82, 2.24) is 4.98 Å². The number of hydrogen-bond donors (Lipinski definition) is 1. The van der Waals surface area contributed by atoms with E-state index in [1.807, 2.05) is 13.2 Å². The van der Waals surface area contributed by atoms with Gasteiger partial charge in [0.15, 0.2) is 0 Å². The van der Waals surface area contributed by atoms with Crippen LogP contribution in [0.15, 0.2) is 18.3 Å². The van der Waals surface area contributed by atoms with E-state index < -0.39 is 0 Å². The fourth-order valence-electron chi connectivity index (χ4n) is 2.76. The lowest BCUT2D eigenvalue weighted by atomic mass is 9.75. The van der Waals surface area contributed by atoms with Gasteiger partial charge >= 0.3 is 0 Å². The predicted molar refractivity (Wildman–Crippen MR) is 78.2 cm³/mol. The Morgan fingerprint density at radius 3 is 2.50 bits per heavy atom. The number of rotatable bonds is 2. The van der Waals surface area contributed by atoms with Gasteiger partial charge in [-0.05, 0) is 30.2 Å². The van der Waals surface area contributed by atoms with Crippen LogP contribution in [-0.2, 0) is 0 Å². The van der Waals surface area contributed by atoms with Crippen molar-refractivity contribution >= 4 is 11.5 Å². The first-order valence-corrected chi connectivity index (χ1v) is 6.89. The molecule has 0 spiro atoms. The highest BCUT2D eigenvalue weighted by Gasteiger charge is 2.28. The normalized spacial score (nSPS) is 17.9. The fourth-order valence-corrected chi connectivity index (χ4v) is 2.76. The third-order valence-corrected chi connectivity index (χ3v) is 4.08. The zero-order valence-corrected chi connectivity index (χ0v) is 12.0. The van der Waals surface area contributed by atoms with Crippen LogP contribution in [0.25, 0.3) is 0 Å². The lowest BCUT2D eigenvalue weighted by Gasteiger charge is -2.39. The number of pyridine rings is 1. The van der Waals surface area contributed by atoms with Crippen molar-refractivity contribution < 1.29 is 0 Å². The van der Waals surface area contributed by atoms with Crippen molar-refractivity contribution in [3.05, 3.63) is 18.3 Å². The van der Waals surface area contributed by atoms with Gasteiger partial charge in [0.2, 0.25) is 0 Å². The molecule has 1 saturated heterocycles. The maximum atomic E-state index is 4.27. The molecule has 0 aliphatic carbocycles. The van der Waals surface area contributed by atoms with Crippen LogP contribution in [0, 0.1) is 11.3 Å². The standard InChI is InChI=1S/C15H25N3/c1-15(2,3)12-6-9-18(10-7-12)13-5-8-17-14(11-13)16-4/h5,8,11-12H,6-7,9-10H2,1-4H3,(H,16,17). The number of hydrogen-bond acceptors (Lipinski definition) is 3. The number of nitrogens with zero attached hydrogens (tertiary/aromatic N) is 2. The van der Waals surface area contributed by atoms with E-state index in [1.165, 1.54) is 18.5 Å². The summed E-state index contributed by atoms with van der Waals surface area (Å²) in [5, 5.41) is 3.10. The van der Waals surface area contributed by atoms with Gasteiger partial charge in [-0.2, -0.15) is 0 Å². The molecule has 1 aliphatic rings. The third-order valence-electron chi connectivity index (χ3n) is 4.08. The largest absolute Gasteiger partial charge is 0.373 e. The van der Waals surface area contributed by atoms with Gasteiger partial charge in [-0.1, -0.05) is 20.8 Å². The molecule has 1 aliphatic heterocycles. The lowest BCUT2D eigenvalue weighted by molar-refractivity contribution is 0.199. The third kappa shape index (κ3) is 2.95. The Balaban J connectivity index is 2.01. The first-order valence-electron chi connectivity index (χ1n) is 6.89. The topological polar surface area (TPSA) is 28.2 Å². The van der Waals surface area contributed by atoms with E-state index >= 15 is 0 Å². The van der Waals surface area contributed by atoms with Gasteiger partial charge in [0.25, 0.3) is 0 Å². The summed E-state index contributed by atoms with van der Waals surface area (Å²) in [6, 6.07) is 4.25. The van der Waals surface area contributed by atoms with Crippen LogP contribution >= 0.6 is 0 Å². The zero-order valence-electron chi connectivity index (χ0n) is 12.0. The number of piperidine rings is 1. The quantitative estimate of drug-likeness (QED) is 0.868. The minimum absolute atomic E-state index is 0.445.